The molecule has 4 N–H and O–H groups in total. The Morgan fingerprint density at radius 1 is 1.00 bits per heavy atom. The summed E-state index contributed by atoms with van der Waals surface area (Å²) in [5.74, 6) is -1.67. The third kappa shape index (κ3) is 9.15. The van der Waals surface area contributed by atoms with E-state index in [9.17, 15) is 24.0 Å². The van der Waals surface area contributed by atoms with Gasteiger partial charge in [0.2, 0.25) is 17.8 Å². The Bertz CT molecular complexity index is 1920. The first-order valence-electron chi connectivity index (χ1n) is 18.7. The van der Waals surface area contributed by atoms with Crippen molar-refractivity contribution in [3.63, 3.8) is 0 Å². The summed E-state index contributed by atoms with van der Waals surface area (Å²) in [5.41, 5.74) is 2.13. The molecule has 0 aliphatic carbocycles. The standard InChI is InChI=1S/C38H44ClN9O7/c39-28-22-42-38(45-34(28)41-21-26-5-4-20-54-26)43-24-8-10-25(11-9-24)47-18-16-46(17-19-47)15-2-1-14-40-32(50)23-55-30-7-3-6-27-33(30)37(53)48(36(27)52)29-12-13-31(49)44-35(29)51/h3,6-11,22,26,29H,1-2,4-5,12-21,23H2,(H,40,50)(H,44,49,51)(H2,41,42,43,45)/t26-,29?/m1/s1. The van der Waals surface area contributed by atoms with Gasteiger partial charge in [-0.3, -0.25) is 39.1 Å². The van der Waals surface area contributed by atoms with Crippen molar-refractivity contribution < 1.29 is 33.4 Å². The van der Waals surface area contributed by atoms with Crippen LogP contribution in [0.25, 0.3) is 0 Å². The number of unbranched alkanes of at least 4 members (excludes halogenated alkanes) is 1. The highest BCUT2D eigenvalue weighted by Crippen LogP contribution is 2.33. The normalized spacial score (nSPS) is 20.0. The quantitative estimate of drug-likeness (QED) is 0.131. The summed E-state index contributed by atoms with van der Waals surface area (Å²) >= 11 is 6.31. The molecule has 7 rings (SSSR count). The van der Waals surface area contributed by atoms with Crippen LogP contribution >= 0.6 is 11.6 Å². The Morgan fingerprint density at radius 3 is 2.58 bits per heavy atom. The summed E-state index contributed by atoms with van der Waals surface area (Å²) in [5, 5.41) is 12.0. The van der Waals surface area contributed by atoms with E-state index >= 15 is 0 Å². The lowest BCUT2D eigenvalue weighted by Crippen LogP contribution is -2.54. The second-order valence-electron chi connectivity index (χ2n) is 13.9. The highest BCUT2D eigenvalue weighted by atomic mass is 35.5. The number of anilines is 4. The van der Waals surface area contributed by atoms with Crippen LogP contribution in [0.2, 0.25) is 5.02 Å². The highest BCUT2D eigenvalue weighted by Gasteiger charge is 2.46. The maximum Gasteiger partial charge on any atom is 0.266 e. The van der Waals surface area contributed by atoms with E-state index in [4.69, 9.17) is 21.1 Å². The van der Waals surface area contributed by atoms with Gasteiger partial charge in [-0.25, -0.2) is 4.98 Å². The predicted octanol–water partition coefficient (Wildman–Crippen LogP) is 2.96. The number of amides is 5. The van der Waals surface area contributed by atoms with Gasteiger partial charge in [-0.05, 0) is 75.0 Å². The average molecular weight is 774 g/mol. The molecule has 4 aliphatic rings. The van der Waals surface area contributed by atoms with Crippen LogP contribution in [-0.2, 0) is 19.1 Å². The molecule has 2 aromatic carbocycles. The maximum atomic E-state index is 13.2. The molecule has 290 valence electrons. The number of benzene rings is 2. The molecular formula is C38H44ClN9O7. The molecule has 0 spiro atoms. The number of carbonyl (C=O) groups excluding carboxylic acids is 5. The van der Waals surface area contributed by atoms with Crippen molar-refractivity contribution in [3.8, 4) is 5.75 Å². The monoisotopic (exact) mass is 773 g/mol. The minimum Gasteiger partial charge on any atom is -0.483 e. The van der Waals surface area contributed by atoms with Crippen LogP contribution in [0.4, 0.5) is 23.1 Å². The lowest BCUT2D eigenvalue weighted by Gasteiger charge is -2.36. The van der Waals surface area contributed by atoms with Gasteiger partial charge in [0.05, 0.1) is 23.4 Å². The smallest absolute Gasteiger partial charge is 0.266 e. The van der Waals surface area contributed by atoms with Crippen LogP contribution in [-0.4, -0.2) is 120 Å². The number of piperidine rings is 1. The van der Waals surface area contributed by atoms with E-state index in [-0.39, 0.29) is 48.3 Å². The van der Waals surface area contributed by atoms with Crippen LogP contribution in [0.15, 0.2) is 48.7 Å². The van der Waals surface area contributed by atoms with Gasteiger partial charge in [-0.1, -0.05) is 17.7 Å². The van der Waals surface area contributed by atoms with Crippen molar-refractivity contribution in [1.82, 2.24) is 30.4 Å². The topological polar surface area (TPSA) is 187 Å². The minimum atomic E-state index is -1.08. The van der Waals surface area contributed by atoms with E-state index in [0.29, 0.717) is 29.9 Å². The van der Waals surface area contributed by atoms with Crippen molar-refractivity contribution in [2.75, 3.05) is 74.6 Å². The molecular weight excluding hydrogens is 730 g/mol. The molecule has 2 atom stereocenters. The number of ether oxygens (including phenoxy) is 2. The highest BCUT2D eigenvalue weighted by molar-refractivity contribution is 6.32. The molecule has 0 bridgehead atoms. The first-order chi connectivity index (χ1) is 26.7. The maximum absolute atomic E-state index is 13.2. The number of piperazine rings is 1. The number of carbonyl (C=O) groups is 5. The number of hydrogen-bond donors (Lipinski definition) is 4. The van der Waals surface area contributed by atoms with Gasteiger partial charge < -0.3 is 30.3 Å². The van der Waals surface area contributed by atoms with Crippen LogP contribution < -0.4 is 30.9 Å². The Morgan fingerprint density at radius 2 is 1.82 bits per heavy atom. The third-order valence-corrected chi connectivity index (χ3v) is 10.4. The lowest BCUT2D eigenvalue weighted by atomic mass is 10.0. The number of imide groups is 2. The summed E-state index contributed by atoms with van der Waals surface area (Å²) in [6.07, 6.45) is 5.64. The van der Waals surface area contributed by atoms with Gasteiger partial charge in [0, 0.05) is 63.7 Å². The Kier molecular flexibility index (Phi) is 12.0. The molecule has 5 amide bonds. The fourth-order valence-electron chi connectivity index (χ4n) is 7.17. The van der Waals surface area contributed by atoms with Crippen molar-refractivity contribution in [2.45, 2.75) is 50.7 Å². The van der Waals surface area contributed by atoms with Crippen molar-refractivity contribution in [3.05, 3.63) is 64.8 Å². The van der Waals surface area contributed by atoms with E-state index in [2.05, 4.69) is 53.2 Å². The molecule has 1 unspecified atom stereocenters. The largest absolute Gasteiger partial charge is 0.483 e. The van der Waals surface area contributed by atoms with Gasteiger partial charge in [-0.15, -0.1) is 0 Å². The van der Waals surface area contributed by atoms with E-state index in [1.165, 1.54) is 12.1 Å². The average Bonchev–Trinajstić information content (AvgIpc) is 3.80. The predicted molar refractivity (Wildman–Crippen MR) is 204 cm³/mol. The molecule has 55 heavy (non-hydrogen) atoms. The van der Waals surface area contributed by atoms with Crippen LogP contribution in [0.5, 0.6) is 5.75 Å². The second-order valence-corrected chi connectivity index (χ2v) is 14.3. The van der Waals surface area contributed by atoms with Crippen LogP contribution in [0.3, 0.4) is 0 Å². The zero-order chi connectivity index (χ0) is 38.3. The van der Waals surface area contributed by atoms with Gasteiger partial charge in [0.15, 0.2) is 12.4 Å². The first-order valence-corrected chi connectivity index (χ1v) is 19.1. The molecule has 4 aliphatic heterocycles. The lowest BCUT2D eigenvalue weighted by molar-refractivity contribution is -0.136. The molecule has 0 saturated carbocycles. The Hall–Kier alpha value is -5.32. The van der Waals surface area contributed by atoms with Crippen LogP contribution in [0, 0.1) is 0 Å². The summed E-state index contributed by atoms with van der Waals surface area (Å²) < 4.78 is 11.3. The van der Waals surface area contributed by atoms with E-state index in [0.717, 1.165) is 81.3 Å². The third-order valence-electron chi connectivity index (χ3n) is 10.1. The van der Waals surface area contributed by atoms with Crippen LogP contribution in [0.1, 0.15) is 59.2 Å². The number of nitrogens with zero attached hydrogens (tertiary/aromatic N) is 5. The van der Waals surface area contributed by atoms with Crippen molar-refractivity contribution in [1.29, 1.82) is 0 Å². The Balaban J connectivity index is 0.788. The summed E-state index contributed by atoms with van der Waals surface area (Å²) in [7, 11) is 0. The molecule has 3 saturated heterocycles. The minimum absolute atomic E-state index is 0.0103. The summed E-state index contributed by atoms with van der Waals surface area (Å²) in [6.45, 7) is 6.19. The summed E-state index contributed by atoms with van der Waals surface area (Å²) in [4.78, 5) is 77.3. The molecule has 1 aromatic heterocycles. The van der Waals surface area contributed by atoms with Gasteiger partial charge >= 0.3 is 0 Å². The molecule has 5 heterocycles. The SMILES string of the molecule is O=C(COc1cccc2c1C(=O)N(C1CCC(=O)NC1=O)C2=O)NCCCCN1CCN(c2ccc(Nc3ncc(Cl)c(NC[C@H]4CCCO4)n3)cc2)CC1. The molecule has 17 heteroatoms. The zero-order valence-electron chi connectivity index (χ0n) is 30.4. The fraction of sp³-hybridized carbons (Fsp3) is 0.447. The van der Waals surface area contributed by atoms with E-state index in [1.807, 2.05) is 12.1 Å². The molecule has 3 aromatic rings. The van der Waals surface area contributed by atoms with Gasteiger partial charge in [-0.2, -0.15) is 4.98 Å². The van der Waals surface area contributed by atoms with Gasteiger partial charge in [0.25, 0.3) is 17.7 Å². The number of fused-ring (bicyclic) bond motifs is 1. The number of halogens is 1. The van der Waals surface area contributed by atoms with E-state index < -0.39 is 29.7 Å². The van der Waals surface area contributed by atoms with Gasteiger partial charge in [0.1, 0.15) is 16.8 Å². The van der Waals surface area contributed by atoms with Crippen molar-refractivity contribution in [2.24, 2.45) is 0 Å². The summed E-state index contributed by atoms with van der Waals surface area (Å²) in [6, 6.07) is 11.7. The number of hydrogen-bond acceptors (Lipinski definition) is 13. The van der Waals surface area contributed by atoms with Crippen molar-refractivity contribution >= 4 is 64.3 Å². The molecule has 3 fully saturated rings. The molecule has 16 nitrogen and oxygen atoms in total. The van der Waals surface area contributed by atoms with E-state index in [1.54, 1.807) is 12.3 Å². The number of rotatable bonds is 15. The molecule has 0 radical (unpaired) electrons. The number of nitrogens with one attached hydrogen (secondary N) is 4. The first kappa shape index (κ1) is 38.0. The fourth-order valence-corrected chi connectivity index (χ4v) is 7.33. The zero-order valence-corrected chi connectivity index (χ0v) is 31.1. The second kappa shape index (κ2) is 17.4. The Labute approximate surface area is 323 Å². The number of aromatic nitrogens is 2.